The van der Waals surface area contributed by atoms with Crippen LogP contribution in [0.15, 0.2) is 114 Å². The molecule has 6 aromatic rings. The first-order valence-electron chi connectivity index (χ1n) is 14.0. The molecular weight excluding hydrogens is 591 g/mol. The van der Waals surface area contributed by atoms with E-state index in [1.807, 2.05) is 111 Å². The van der Waals surface area contributed by atoms with Gasteiger partial charge in [-0.1, -0.05) is 77.8 Å². The van der Waals surface area contributed by atoms with Crippen molar-refractivity contribution in [3.63, 3.8) is 0 Å². The molecule has 2 heterocycles. The van der Waals surface area contributed by atoms with Crippen molar-refractivity contribution in [2.75, 3.05) is 0 Å². The Labute approximate surface area is 265 Å². The van der Waals surface area contributed by atoms with E-state index < -0.39 is 0 Å². The molecule has 0 radical (unpaired) electrons. The fraction of sp³-hybridized carbons (Fsp3) is 0.0833. The molecule has 6 nitrogen and oxygen atoms in total. The second-order valence-corrected chi connectivity index (χ2v) is 11.1. The van der Waals surface area contributed by atoms with Gasteiger partial charge >= 0.3 is 0 Å². The van der Waals surface area contributed by atoms with Crippen molar-refractivity contribution in [1.82, 2.24) is 15.0 Å². The Morgan fingerprint density at radius 3 is 2.41 bits per heavy atom. The van der Waals surface area contributed by atoms with Crippen molar-refractivity contribution in [3.8, 4) is 22.7 Å². The molecule has 0 atom stereocenters. The van der Waals surface area contributed by atoms with Gasteiger partial charge in [0.25, 0.3) is 5.91 Å². The summed E-state index contributed by atoms with van der Waals surface area (Å²) < 4.78 is 8.07. The van der Waals surface area contributed by atoms with Crippen LogP contribution in [0.2, 0.25) is 10.0 Å². The maximum atomic E-state index is 13.3. The normalized spacial score (nSPS) is 11.3. The highest BCUT2D eigenvalue weighted by Gasteiger charge is 2.14. The molecule has 0 aliphatic carbocycles. The van der Waals surface area contributed by atoms with Gasteiger partial charge in [0.05, 0.1) is 33.0 Å². The number of para-hydroxylation sites is 1. The lowest BCUT2D eigenvalue weighted by Crippen LogP contribution is -2.18. The van der Waals surface area contributed by atoms with Gasteiger partial charge in [-0.2, -0.15) is 5.10 Å². The Balaban J connectivity index is 1.17. The van der Waals surface area contributed by atoms with E-state index in [0.717, 1.165) is 56.1 Å². The van der Waals surface area contributed by atoms with Gasteiger partial charge in [-0.05, 0) is 74.0 Å². The second-order valence-electron chi connectivity index (χ2n) is 10.3. The topological polar surface area (TPSA) is 68.5 Å². The summed E-state index contributed by atoms with van der Waals surface area (Å²) >= 11 is 12.1. The van der Waals surface area contributed by atoms with E-state index >= 15 is 0 Å². The predicted molar refractivity (Wildman–Crippen MR) is 178 cm³/mol. The van der Waals surface area contributed by atoms with E-state index in [9.17, 15) is 4.79 Å². The van der Waals surface area contributed by atoms with Gasteiger partial charge in [0.15, 0.2) is 0 Å². The summed E-state index contributed by atoms with van der Waals surface area (Å²) in [5, 5.41) is 6.11. The summed E-state index contributed by atoms with van der Waals surface area (Å²) in [5.41, 5.74) is 10.5. The van der Waals surface area contributed by atoms with Crippen LogP contribution < -0.4 is 10.2 Å². The number of hydrogen-bond acceptors (Lipinski definition) is 4. The standard InChI is InChI=1S/C36H28Cl2N4O2/c1-23-18-27(24(2)42(23)28-13-15-29(16-14-28)44-22-25-12-17-32(37)33(38)19-25)21-39-41-36(43)31-20-35(26-8-4-3-5-9-26)40-34-11-7-6-10-30(31)34/h3-21H,22H2,1-2H3,(H,41,43)/b39-21-. The molecule has 0 fully saturated rings. The molecule has 2 aromatic heterocycles. The maximum Gasteiger partial charge on any atom is 0.272 e. The lowest BCUT2D eigenvalue weighted by atomic mass is 10.0. The van der Waals surface area contributed by atoms with Gasteiger partial charge in [0.1, 0.15) is 12.4 Å². The quantitative estimate of drug-likeness (QED) is 0.137. The first kappa shape index (κ1) is 29.2. The summed E-state index contributed by atoms with van der Waals surface area (Å²) in [6.07, 6.45) is 1.67. The number of carbonyl (C=O) groups excluding carboxylic acids is 1. The molecule has 218 valence electrons. The number of hydrogen-bond donors (Lipinski definition) is 1. The number of pyridine rings is 1. The van der Waals surface area contributed by atoms with Gasteiger partial charge in [0, 0.05) is 33.6 Å². The molecule has 0 aliphatic rings. The number of aryl methyl sites for hydroxylation is 1. The number of benzene rings is 4. The molecular formula is C36H28Cl2N4O2. The van der Waals surface area contributed by atoms with E-state index in [0.29, 0.717) is 22.2 Å². The molecule has 0 aliphatic heterocycles. The summed E-state index contributed by atoms with van der Waals surface area (Å²) in [7, 11) is 0. The molecule has 0 saturated carbocycles. The molecule has 6 rings (SSSR count). The molecule has 1 N–H and O–H groups in total. The highest BCUT2D eigenvalue weighted by molar-refractivity contribution is 6.42. The summed E-state index contributed by atoms with van der Waals surface area (Å²) in [6.45, 7) is 4.44. The van der Waals surface area contributed by atoms with Crippen LogP contribution in [0.1, 0.15) is 32.9 Å². The van der Waals surface area contributed by atoms with Crippen molar-refractivity contribution < 1.29 is 9.53 Å². The first-order valence-corrected chi connectivity index (χ1v) is 14.8. The Kier molecular flexibility index (Phi) is 8.46. The van der Waals surface area contributed by atoms with Gasteiger partial charge in [-0.3, -0.25) is 4.79 Å². The minimum Gasteiger partial charge on any atom is -0.489 e. The van der Waals surface area contributed by atoms with Crippen LogP contribution in [-0.2, 0) is 6.61 Å². The Bertz CT molecular complexity index is 2000. The smallest absolute Gasteiger partial charge is 0.272 e. The molecule has 0 spiro atoms. The van der Waals surface area contributed by atoms with Crippen LogP contribution >= 0.6 is 23.2 Å². The lowest BCUT2D eigenvalue weighted by molar-refractivity contribution is 0.0956. The largest absolute Gasteiger partial charge is 0.489 e. The van der Waals surface area contributed by atoms with E-state index in [2.05, 4.69) is 15.1 Å². The second kappa shape index (κ2) is 12.8. The molecule has 0 bridgehead atoms. The fourth-order valence-corrected chi connectivity index (χ4v) is 5.46. The van der Waals surface area contributed by atoms with Crippen LogP contribution in [0.25, 0.3) is 27.8 Å². The molecule has 8 heteroatoms. The number of carbonyl (C=O) groups is 1. The summed E-state index contributed by atoms with van der Waals surface area (Å²) in [4.78, 5) is 18.1. The molecule has 1 amide bonds. The number of nitrogens with zero attached hydrogens (tertiary/aromatic N) is 3. The van der Waals surface area contributed by atoms with Gasteiger partial charge in [-0.15, -0.1) is 0 Å². The van der Waals surface area contributed by atoms with Crippen molar-refractivity contribution in [2.24, 2.45) is 5.10 Å². The van der Waals surface area contributed by atoms with Gasteiger partial charge in [-0.25, -0.2) is 10.4 Å². The first-order chi connectivity index (χ1) is 21.4. The SMILES string of the molecule is Cc1cc(/C=N\NC(=O)c2cc(-c3ccccc3)nc3ccccc23)c(C)n1-c1ccc(OCc2ccc(Cl)c(Cl)c2)cc1. The molecule has 0 unspecified atom stereocenters. The maximum absolute atomic E-state index is 13.3. The average molecular weight is 620 g/mol. The number of hydrazone groups is 1. The monoisotopic (exact) mass is 618 g/mol. The number of rotatable bonds is 8. The zero-order chi connectivity index (χ0) is 30.6. The van der Waals surface area contributed by atoms with Crippen LogP contribution in [0, 0.1) is 13.8 Å². The number of nitrogens with one attached hydrogen (secondary N) is 1. The molecule has 0 saturated heterocycles. The summed E-state index contributed by atoms with van der Waals surface area (Å²) in [5.74, 6) is 0.438. The Morgan fingerprint density at radius 2 is 1.64 bits per heavy atom. The molecule has 4 aromatic carbocycles. The highest BCUT2D eigenvalue weighted by atomic mass is 35.5. The van der Waals surface area contributed by atoms with E-state index in [1.54, 1.807) is 18.3 Å². The van der Waals surface area contributed by atoms with Crippen molar-refractivity contribution in [3.05, 3.63) is 147 Å². The minimum absolute atomic E-state index is 0.303. The Hall–Kier alpha value is -4.91. The third-order valence-electron chi connectivity index (χ3n) is 7.35. The number of ether oxygens (including phenoxy) is 1. The van der Waals surface area contributed by atoms with Gasteiger partial charge < -0.3 is 9.30 Å². The average Bonchev–Trinajstić information content (AvgIpc) is 3.33. The van der Waals surface area contributed by atoms with Crippen LogP contribution in [-0.4, -0.2) is 21.7 Å². The third kappa shape index (κ3) is 6.23. The lowest BCUT2D eigenvalue weighted by Gasteiger charge is -2.12. The molecule has 44 heavy (non-hydrogen) atoms. The van der Waals surface area contributed by atoms with Crippen molar-refractivity contribution >= 4 is 46.2 Å². The van der Waals surface area contributed by atoms with Crippen LogP contribution in [0.3, 0.4) is 0 Å². The zero-order valence-corrected chi connectivity index (χ0v) is 25.6. The number of halogens is 2. The van der Waals surface area contributed by atoms with Crippen LogP contribution in [0.5, 0.6) is 5.75 Å². The predicted octanol–water partition coefficient (Wildman–Crippen LogP) is 8.96. The third-order valence-corrected chi connectivity index (χ3v) is 8.09. The highest BCUT2D eigenvalue weighted by Crippen LogP contribution is 2.27. The van der Waals surface area contributed by atoms with Crippen molar-refractivity contribution in [1.29, 1.82) is 0 Å². The van der Waals surface area contributed by atoms with E-state index in [1.165, 1.54) is 0 Å². The number of fused-ring (bicyclic) bond motifs is 1. The van der Waals surface area contributed by atoms with Crippen LogP contribution in [0.4, 0.5) is 0 Å². The summed E-state index contributed by atoms with van der Waals surface area (Å²) in [6, 6.07) is 34.6. The number of amides is 1. The minimum atomic E-state index is -0.303. The fourth-order valence-electron chi connectivity index (χ4n) is 5.14. The van der Waals surface area contributed by atoms with E-state index in [-0.39, 0.29) is 5.91 Å². The number of aromatic nitrogens is 2. The Morgan fingerprint density at radius 1 is 0.886 bits per heavy atom. The van der Waals surface area contributed by atoms with E-state index in [4.69, 9.17) is 32.9 Å². The zero-order valence-electron chi connectivity index (χ0n) is 24.1. The van der Waals surface area contributed by atoms with Gasteiger partial charge in [0.2, 0.25) is 0 Å². The van der Waals surface area contributed by atoms with Crippen molar-refractivity contribution in [2.45, 2.75) is 20.5 Å².